The summed E-state index contributed by atoms with van der Waals surface area (Å²) in [6.45, 7) is 8.49. The fourth-order valence-electron chi connectivity index (χ4n) is 2.18. The molecule has 2 atom stereocenters. The zero-order chi connectivity index (χ0) is 13.5. The van der Waals surface area contributed by atoms with Crippen molar-refractivity contribution in [2.75, 3.05) is 13.1 Å². The van der Waals surface area contributed by atoms with Gasteiger partial charge < -0.3 is 10.6 Å². The Morgan fingerprint density at radius 3 is 2.50 bits per heavy atom. The van der Waals surface area contributed by atoms with Crippen LogP contribution in [0, 0.1) is 5.82 Å². The molecule has 0 saturated heterocycles. The van der Waals surface area contributed by atoms with E-state index in [-0.39, 0.29) is 11.9 Å². The lowest BCUT2D eigenvalue weighted by atomic mass is 10.0. The molecule has 1 aromatic rings. The van der Waals surface area contributed by atoms with Gasteiger partial charge in [0.15, 0.2) is 0 Å². The predicted molar refractivity (Wildman–Crippen MR) is 74.9 cm³/mol. The lowest BCUT2D eigenvalue weighted by Crippen LogP contribution is -2.34. The Morgan fingerprint density at radius 1 is 1.28 bits per heavy atom. The molecule has 2 N–H and O–H groups in total. The Labute approximate surface area is 110 Å². The van der Waals surface area contributed by atoms with Crippen LogP contribution in [0.1, 0.15) is 45.2 Å². The van der Waals surface area contributed by atoms with Crippen molar-refractivity contribution in [3.05, 3.63) is 35.6 Å². The molecule has 0 aliphatic heterocycles. The largest absolute Gasteiger partial charge is 0.324 e. The molecule has 0 aliphatic rings. The van der Waals surface area contributed by atoms with E-state index in [2.05, 4.69) is 25.7 Å². The van der Waals surface area contributed by atoms with Gasteiger partial charge in [-0.3, -0.25) is 0 Å². The summed E-state index contributed by atoms with van der Waals surface area (Å²) >= 11 is 0. The van der Waals surface area contributed by atoms with Gasteiger partial charge in [0.2, 0.25) is 0 Å². The van der Waals surface area contributed by atoms with Crippen molar-refractivity contribution in [3.63, 3.8) is 0 Å². The summed E-state index contributed by atoms with van der Waals surface area (Å²) in [5.41, 5.74) is 6.70. The van der Waals surface area contributed by atoms with Crippen molar-refractivity contribution in [2.45, 2.75) is 45.7 Å². The van der Waals surface area contributed by atoms with Crippen LogP contribution in [0.3, 0.4) is 0 Å². The maximum Gasteiger partial charge on any atom is 0.127 e. The molecule has 0 heterocycles. The van der Waals surface area contributed by atoms with Crippen molar-refractivity contribution >= 4 is 0 Å². The van der Waals surface area contributed by atoms with Crippen LogP contribution in [0.4, 0.5) is 4.39 Å². The second-order valence-corrected chi connectivity index (χ2v) is 4.80. The van der Waals surface area contributed by atoms with Gasteiger partial charge >= 0.3 is 0 Å². The fourth-order valence-corrected chi connectivity index (χ4v) is 2.18. The maximum atomic E-state index is 13.6. The van der Waals surface area contributed by atoms with Crippen LogP contribution in [0.15, 0.2) is 24.3 Å². The molecule has 0 bridgehead atoms. The van der Waals surface area contributed by atoms with E-state index in [4.69, 9.17) is 5.73 Å². The minimum atomic E-state index is -0.218. The monoisotopic (exact) mass is 252 g/mol. The van der Waals surface area contributed by atoms with Crippen molar-refractivity contribution in [2.24, 2.45) is 5.73 Å². The average molecular weight is 252 g/mol. The lowest BCUT2D eigenvalue weighted by molar-refractivity contribution is 0.207. The molecule has 2 nitrogen and oxygen atoms in total. The second kappa shape index (κ2) is 7.49. The number of hydrogen-bond acceptors (Lipinski definition) is 2. The number of halogens is 1. The molecular formula is C15H25FN2. The first kappa shape index (κ1) is 15.1. The molecule has 0 aliphatic carbocycles. The highest BCUT2D eigenvalue weighted by Crippen LogP contribution is 2.18. The Balaban J connectivity index is 2.55. The number of benzene rings is 1. The minimum absolute atomic E-state index is 0.198. The molecule has 2 unspecified atom stereocenters. The number of nitrogens with two attached hydrogens (primary N) is 1. The molecule has 1 aromatic carbocycles. The van der Waals surface area contributed by atoms with Gasteiger partial charge in [-0.25, -0.2) is 4.39 Å². The van der Waals surface area contributed by atoms with Gasteiger partial charge in [0.1, 0.15) is 5.82 Å². The summed E-state index contributed by atoms with van der Waals surface area (Å²) in [5, 5.41) is 0. The molecule has 18 heavy (non-hydrogen) atoms. The number of rotatable bonds is 7. The Morgan fingerprint density at radius 2 is 1.94 bits per heavy atom. The van der Waals surface area contributed by atoms with Gasteiger partial charge in [-0.15, -0.1) is 0 Å². The fraction of sp³-hybridized carbons (Fsp3) is 0.600. The third-order valence-corrected chi connectivity index (χ3v) is 3.65. The highest BCUT2D eigenvalue weighted by atomic mass is 19.1. The summed E-state index contributed by atoms with van der Waals surface area (Å²) in [7, 11) is 0. The van der Waals surface area contributed by atoms with Gasteiger partial charge in [0, 0.05) is 24.2 Å². The van der Waals surface area contributed by atoms with Crippen molar-refractivity contribution in [1.29, 1.82) is 0 Å². The van der Waals surface area contributed by atoms with Crippen molar-refractivity contribution < 1.29 is 4.39 Å². The Kier molecular flexibility index (Phi) is 6.30. The molecule has 0 aromatic heterocycles. The Bertz CT molecular complexity index is 354. The van der Waals surface area contributed by atoms with Crippen LogP contribution in [-0.4, -0.2) is 24.0 Å². The third kappa shape index (κ3) is 4.07. The van der Waals surface area contributed by atoms with E-state index in [1.54, 1.807) is 12.1 Å². The zero-order valence-corrected chi connectivity index (χ0v) is 11.7. The third-order valence-electron chi connectivity index (χ3n) is 3.65. The highest BCUT2D eigenvalue weighted by Gasteiger charge is 2.14. The summed E-state index contributed by atoms with van der Waals surface area (Å²) in [4.78, 5) is 2.39. The van der Waals surface area contributed by atoms with Crippen LogP contribution < -0.4 is 5.73 Å². The van der Waals surface area contributed by atoms with Gasteiger partial charge in [-0.1, -0.05) is 32.0 Å². The van der Waals surface area contributed by atoms with Gasteiger partial charge in [-0.2, -0.15) is 0 Å². The first-order valence-corrected chi connectivity index (χ1v) is 6.84. The van der Waals surface area contributed by atoms with Crippen LogP contribution in [0.2, 0.25) is 0 Å². The first-order valence-electron chi connectivity index (χ1n) is 6.84. The Hall–Kier alpha value is -0.930. The zero-order valence-electron chi connectivity index (χ0n) is 11.7. The second-order valence-electron chi connectivity index (χ2n) is 4.80. The van der Waals surface area contributed by atoms with E-state index in [9.17, 15) is 4.39 Å². The SMILES string of the molecule is CCC(C)N(CC)CCC(N)c1ccccc1F. The molecule has 3 heteroatoms. The normalized spacial score (nSPS) is 14.8. The van der Waals surface area contributed by atoms with Crippen LogP contribution in [0.25, 0.3) is 0 Å². The topological polar surface area (TPSA) is 29.3 Å². The number of hydrogen-bond donors (Lipinski definition) is 1. The smallest absolute Gasteiger partial charge is 0.127 e. The van der Waals surface area contributed by atoms with E-state index in [1.165, 1.54) is 6.07 Å². The molecule has 0 spiro atoms. The first-order chi connectivity index (χ1) is 8.60. The number of nitrogens with zero attached hydrogens (tertiary/aromatic N) is 1. The molecule has 0 saturated carbocycles. The molecular weight excluding hydrogens is 227 g/mol. The molecule has 1 rings (SSSR count). The van der Waals surface area contributed by atoms with E-state index < -0.39 is 0 Å². The molecule has 0 fully saturated rings. The molecule has 0 radical (unpaired) electrons. The van der Waals surface area contributed by atoms with Gasteiger partial charge in [0.25, 0.3) is 0 Å². The standard InChI is InChI=1S/C15H25FN2/c1-4-12(3)18(5-2)11-10-15(17)13-8-6-7-9-14(13)16/h6-9,12,15H,4-5,10-11,17H2,1-3H3. The van der Waals surface area contributed by atoms with Crippen LogP contribution in [0.5, 0.6) is 0 Å². The van der Waals surface area contributed by atoms with E-state index >= 15 is 0 Å². The average Bonchev–Trinajstić information content (AvgIpc) is 2.39. The van der Waals surface area contributed by atoms with Gasteiger partial charge in [-0.05, 0) is 32.4 Å². The predicted octanol–water partition coefficient (Wildman–Crippen LogP) is 3.34. The van der Waals surface area contributed by atoms with E-state index in [0.29, 0.717) is 11.6 Å². The quantitative estimate of drug-likeness (QED) is 0.806. The van der Waals surface area contributed by atoms with E-state index in [1.807, 2.05) is 6.07 Å². The van der Waals surface area contributed by atoms with Crippen LogP contribution >= 0.6 is 0 Å². The maximum absolute atomic E-state index is 13.6. The molecule has 0 amide bonds. The van der Waals surface area contributed by atoms with Crippen LogP contribution in [-0.2, 0) is 0 Å². The summed E-state index contributed by atoms with van der Waals surface area (Å²) in [6, 6.07) is 7.13. The van der Waals surface area contributed by atoms with Crippen molar-refractivity contribution in [3.8, 4) is 0 Å². The minimum Gasteiger partial charge on any atom is -0.324 e. The lowest BCUT2D eigenvalue weighted by Gasteiger charge is -2.28. The summed E-state index contributed by atoms with van der Waals surface area (Å²) in [5.74, 6) is -0.198. The van der Waals surface area contributed by atoms with Gasteiger partial charge in [0.05, 0.1) is 0 Å². The summed E-state index contributed by atoms with van der Waals surface area (Å²) < 4.78 is 13.6. The highest BCUT2D eigenvalue weighted by molar-refractivity contribution is 5.20. The van der Waals surface area contributed by atoms with E-state index in [0.717, 1.165) is 25.9 Å². The summed E-state index contributed by atoms with van der Waals surface area (Å²) in [6.07, 6.45) is 1.92. The molecule has 102 valence electrons. The van der Waals surface area contributed by atoms with Crippen molar-refractivity contribution in [1.82, 2.24) is 4.90 Å².